The highest BCUT2D eigenvalue weighted by molar-refractivity contribution is 6.29. The van der Waals surface area contributed by atoms with Crippen LogP contribution in [0.3, 0.4) is 0 Å². The summed E-state index contributed by atoms with van der Waals surface area (Å²) < 4.78 is 7.34. The van der Waals surface area contributed by atoms with Crippen LogP contribution in [-0.4, -0.2) is 13.7 Å². The van der Waals surface area contributed by atoms with E-state index in [-0.39, 0.29) is 0 Å². The van der Waals surface area contributed by atoms with Crippen LogP contribution in [0.15, 0.2) is 188 Å². The Labute approximate surface area is 294 Å². The van der Waals surface area contributed by atoms with Gasteiger partial charge in [-0.05, 0) is 77.9 Å². The van der Waals surface area contributed by atoms with Gasteiger partial charge in [-0.2, -0.15) is 0 Å². The van der Waals surface area contributed by atoms with Crippen molar-refractivity contribution in [2.24, 2.45) is 0 Å². The van der Waals surface area contributed by atoms with Crippen molar-refractivity contribution in [3.63, 3.8) is 0 Å². The fourth-order valence-corrected chi connectivity index (χ4v) is 8.55. The molecule has 3 aromatic heterocycles. The van der Waals surface area contributed by atoms with Crippen LogP contribution in [0.1, 0.15) is 0 Å². The third-order valence-corrected chi connectivity index (χ3v) is 10.6. The summed E-state index contributed by atoms with van der Waals surface area (Å²) in [5, 5.41) is 7.56. The molecule has 3 heteroatoms. The van der Waals surface area contributed by atoms with Gasteiger partial charge in [0.15, 0.2) is 0 Å². The second-order valence-corrected chi connectivity index (χ2v) is 13.3. The number of fused-ring (bicyclic) bond motifs is 10. The van der Waals surface area contributed by atoms with E-state index >= 15 is 0 Å². The van der Waals surface area contributed by atoms with Gasteiger partial charge in [0.05, 0.1) is 38.8 Å². The average molecular weight is 650 g/mol. The van der Waals surface area contributed by atoms with Crippen LogP contribution < -0.4 is 0 Å². The molecule has 11 aromatic rings. The first-order valence-electron chi connectivity index (χ1n) is 17.5. The van der Waals surface area contributed by atoms with Crippen LogP contribution in [0.2, 0.25) is 0 Å². The smallest absolute Gasteiger partial charge is 0.0562 e. The summed E-state index contributed by atoms with van der Waals surface area (Å²) in [6.45, 7) is 0. The van der Waals surface area contributed by atoms with Crippen molar-refractivity contribution in [2.75, 3.05) is 0 Å². The molecule has 0 bridgehead atoms. The van der Waals surface area contributed by atoms with Gasteiger partial charge < -0.3 is 13.7 Å². The van der Waals surface area contributed by atoms with Gasteiger partial charge in [0.1, 0.15) is 0 Å². The summed E-state index contributed by atoms with van der Waals surface area (Å²) in [7, 11) is 0. The molecular formula is C48H31N3. The molecule has 0 aliphatic rings. The molecule has 0 saturated carbocycles. The van der Waals surface area contributed by atoms with Crippen molar-refractivity contribution in [3.8, 4) is 28.2 Å². The van der Waals surface area contributed by atoms with Crippen molar-refractivity contribution in [2.45, 2.75) is 0 Å². The first kappa shape index (κ1) is 28.0. The maximum atomic E-state index is 2.50. The number of para-hydroxylation sites is 4. The zero-order valence-electron chi connectivity index (χ0n) is 27.7. The molecule has 0 spiro atoms. The van der Waals surface area contributed by atoms with Crippen molar-refractivity contribution in [1.29, 1.82) is 0 Å². The first-order chi connectivity index (χ1) is 25.3. The lowest BCUT2D eigenvalue weighted by atomic mass is 10.0. The van der Waals surface area contributed by atoms with Crippen LogP contribution in [0, 0.1) is 0 Å². The third kappa shape index (κ3) is 4.00. The maximum absolute atomic E-state index is 2.50. The minimum absolute atomic E-state index is 1.16. The van der Waals surface area contributed by atoms with Gasteiger partial charge in [-0.3, -0.25) is 0 Å². The van der Waals surface area contributed by atoms with Gasteiger partial charge in [-0.15, -0.1) is 0 Å². The standard InChI is InChI=1S/C48H31N3/c1-3-15-32(16-4-1)33-17-13-20-35(31-33)50-40-25-11-8-22-37(40)47-44(50)29-30-45-48(47)38-23-9-12-26-41(38)51(45)43-28-14-27-42-46(43)36-21-7-10-24-39(36)49(42)34-18-5-2-6-19-34/h1-31H. The fourth-order valence-electron chi connectivity index (χ4n) is 8.55. The van der Waals surface area contributed by atoms with Crippen molar-refractivity contribution in [1.82, 2.24) is 13.7 Å². The normalized spacial score (nSPS) is 11.9. The first-order valence-corrected chi connectivity index (χ1v) is 17.5. The van der Waals surface area contributed by atoms with E-state index in [0.717, 1.165) is 11.4 Å². The van der Waals surface area contributed by atoms with E-state index in [1.165, 1.54) is 82.2 Å². The lowest BCUT2D eigenvalue weighted by Crippen LogP contribution is -1.97. The SMILES string of the molecule is c1ccc(-c2cccc(-n3c4ccccc4c4c5c6ccccc6n(-c6cccc7c6c6ccccc6n7-c6ccccc6)c5ccc43)c2)cc1. The zero-order valence-corrected chi connectivity index (χ0v) is 27.7. The summed E-state index contributed by atoms with van der Waals surface area (Å²) in [6, 6.07) is 68.3. The molecule has 0 amide bonds. The summed E-state index contributed by atoms with van der Waals surface area (Å²) in [6.07, 6.45) is 0. The number of hydrogen-bond acceptors (Lipinski definition) is 0. The van der Waals surface area contributed by atoms with Crippen LogP contribution >= 0.6 is 0 Å². The number of nitrogens with zero attached hydrogens (tertiary/aromatic N) is 3. The lowest BCUT2D eigenvalue weighted by molar-refractivity contribution is 1.17. The minimum Gasteiger partial charge on any atom is -0.309 e. The topological polar surface area (TPSA) is 14.8 Å². The van der Waals surface area contributed by atoms with Gasteiger partial charge in [-0.1, -0.05) is 121 Å². The van der Waals surface area contributed by atoms with Gasteiger partial charge in [0.2, 0.25) is 0 Å². The van der Waals surface area contributed by atoms with Crippen LogP contribution in [0.5, 0.6) is 0 Å². The Kier molecular flexibility index (Phi) is 5.96. The molecule has 0 atom stereocenters. The second kappa shape index (κ2) is 10.8. The molecule has 0 saturated heterocycles. The van der Waals surface area contributed by atoms with Crippen molar-refractivity contribution < 1.29 is 0 Å². The van der Waals surface area contributed by atoms with Gasteiger partial charge in [-0.25, -0.2) is 0 Å². The molecular weight excluding hydrogens is 619 g/mol. The largest absolute Gasteiger partial charge is 0.309 e. The van der Waals surface area contributed by atoms with E-state index in [0.29, 0.717) is 0 Å². The van der Waals surface area contributed by atoms with Gasteiger partial charge >= 0.3 is 0 Å². The van der Waals surface area contributed by atoms with Crippen LogP contribution in [0.4, 0.5) is 0 Å². The Morgan fingerprint density at radius 1 is 0.255 bits per heavy atom. The van der Waals surface area contributed by atoms with Crippen molar-refractivity contribution >= 4 is 65.4 Å². The zero-order chi connectivity index (χ0) is 33.5. The summed E-state index contributed by atoms with van der Waals surface area (Å²) in [5.41, 5.74) is 13.1. The van der Waals surface area contributed by atoms with Gasteiger partial charge in [0, 0.05) is 43.7 Å². The number of benzene rings is 8. The Bertz CT molecular complexity index is 3120. The van der Waals surface area contributed by atoms with E-state index in [1.807, 2.05) is 0 Å². The minimum atomic E-state index is 1.16. The van der Waals surface area contributed by atoms with E-state index in [9.17, 15) is 0 Å². The Hall–Kier alpha value is -6.84. The number of aromatic nitrogens is 3. The van der Waals surface area contributed by atoms with Crippen LogP contribution in [0.25, 0.3) is 93.6 Å². The number of rotatable bonds is 4. The predicted octanol–water partition coefficient (Wildman–Crippen LogP) is 12.6. The Balaban J connectivity index is 1.25. The molecule has 0 aliphatic heterocycles. The molecule has 0 aliphatic carbocycles. The molecule has 11 rings (SSSR count). The summed E-state index contributed by atoms with van der Waals surface area (Å²) in [5.74, 6) is 0. The predicted molar refractivity (Wildman–Crippen MR) is 215 cm³/mol. The van der Waals surface area contributed by atoms with E-state index in [4.69, 9.17) is 0 Å². The fraction of sp³-hybridized carbons (Fsp3) is 0. The third-order valence-electron chi connectivity index (χ3n) is 10.6. The van der Waals surface area contributed by atoms with Gasteiger partial charge in [0.25, 0.3) is 0 Å². The highest BCUT2D eigenvalue weighted by atomic mass is 15.0. The molecule has 0 fully saturated rings. The molecule has 51 heavy (non-hydrogen) atoms. The molecule has 0 radical (unpaired) electrons. The highest BCUT2D eigenvalue weighted by Crippen LogP contribution is 2.44. The Morgan fingerprint density at radius 2 is 0.686 bits per heavy atom. The average Bonchev–Trinajstić information content (AvgIpc) is 3.84. The number of hydrogen-bond donors (Lipinski definition) is 0. The molecule has 0 N–H and O–H groups in total. The highest BCUT2D eigenvalue weighted by Gasteiger charge is 2.23. The molecule has 3 nitrogen and oxygen atoms in total. The van der Waals surface area contributed by atoms with Crippen LogP contribution in [-0.2, 0) is 0 Å². The molecule has 8 aromatic carbocycles. The molecule has 238 valence electrons. The maximum Gasteiger partial charge on any atom is 0.0562 e. The monoisotopic (exact) mass is 649 g/mol. The quantitative estimate of drug-likeness (QED) is 0.180. The van der Waals surface area contributed by atoms with E-state index in [2.05, 4.69) is 202 Å². The summed E-state index contributed by atoms with van der Waals surface area (Å²) in [4.78, 5) is 0. The second-order valence-electron chi connectivity index (χ2n) is 13.3. The van der Waals surface area contributed by atoms with E-state index in [1.54, 1.807) is 0 Å². The summed E-state index contributed by atoms with van der Waals surface area (Å²) >= 11 is 0. The lowest BCUT2D eigenvalue weighted by Gasteiger charge is -2.12. The Morgan fingerprint density at radius 3 is 1.35 bits per heavy atom. The molecule has 3 heterocycles. The molecule has 0 unspecified atom stereocenters. The van der Waals surface area contributed by atoms with E-state index < -0.39 is 0 Å². The van der Waals surface area contributed by atoms with Crippen molar-refractivity contribution in [3.05, 3.63) is 188 Å².